The molecule has 3 aromatic rings. The van der Waals surface area contributed by atoms with E-state index < -0.39 is 5.82 Å². The number of nitrogens with one attached hydrogen (secondary N) is 3. The topological polar surface area (TPSA) is 108 Å². The van der Waals surface area contributed by atoms with Crippen molar-refractivity contribution in [2.45, 2.75) is 38.1 Å². The summed E-state index contributed by atoms with van der Waals surface area (Å²) in [5.41, 5.74) is 0.734. The summed E-state index contributed by atoms with van der Waals surface area (Å²) in [6.45, 7) is 1.73. The summed E-state index contributed by atoms with van der Waals surface area (Å²) in [5, 5.41) is 19.5. The van der Waals surface area contributed by atoms with Gasteiger partial charge < -0.3 is 25.8 Å². The lowest BCUT2D eigenvalue weighted by atomic mass is 9.83. The van der Waals surface area contributed by atoms with Gasteiger partial charge in [0.1, 0.15) is 12.1 Å². The van der Waals surface area contributed by atoms with Crippen LogP contribution >= 0.6 is 11.6 Å². The molecule has 4 N–H and O–H groups in total. The van der Waals surface area contributed by atoms with Crippen LogP contribution in [0.4, 0.5) is 15.9 Å². The van der Waals surface area contributed by atoms with E-state index in [9.17, 15) is 14.3 Å². The molecule has 0 spiro atoms. The van der Waals surface area contributed by atoms with Gasteiger partial charge in [-0.1, -0.05) is 36.9 Å². The number of benzene rings is 2. The molecule has 0 radical (unpaired) electrons. The molecule has 1 aliphatic carbocycles. The van der Waals surface area contributed by atoms with E-state index in [1.165, 1.54) is 57.7 Å². The van der Waals surface area contributed by atoms with Crippen LogP contribution in [0.25, 0.3) is 10.9 Å². The first-order chi connectivity index (χ1) is 17.0. The van der Waals surface area contributed by atoms with E-state index in [4.69, 9.17) is 16.3 Å². The minimum atomic E-state index is -0.575. The molecule has 1 saturated heterocycles. The van der Waals surface area contributed by atoms with Crippen molar-refractivity contribution in [1.82, 2.24) is 20.6 Å². The van der Waals surface area contributed by atoms with E-state index in [1.807, 2.05) is 0 Å². The average Bonchev–Trinajstić information content (AvgIpc) is 2.88. The number of carbonyl (C=O) groups excluding carboxylic acids is 1. The van der Waals surface area contributed by atoms with Crippen LogP contribution in [-0.2, 0) is 4.79 Å². The van der Waals surface area contributed by atoms with Crippen LogP contribution in [0, 0.1) is 11.7 Å². The number of phenolic OH excluding ortho intramolecular Hbond substituents is 1. The number of ether oxygens (including phenoxy) is 1. The molecule has 1 aliphatic heterocycles. The molecule has 2 fully saturated rings. The SMILES string of the molecule is COc1cc2ncnc(Nc3cccc(Cl)c3F)c2cc1O.O=C1NCCNC1C1CCCCC1. The fourth-order valence-corrected chi connectivity index (χ4v) is 4.70. The van der Waals surface area contributed by atoms with Gasteiger partial charge in [0.2, 0.25) is 5.91 Å². The molecule has 1 unspecified atom stereocenters. The Kier molecular flexibility index (Phi) is 8.20. The van der Waals surface area contributed by atoms with Crippen molar-refractivity contribution in [2.75, 3.05) is 25.5 Å². The number of hydrogen-bond donors (Lipinski definition) is 4. The Bertz CT molecular complexity index is 1190. The molecule has 2 aliphatic rings. The van der Waals surface area contributed by atoms with Crippen LogP contribution in [0.15, 0.2) is 36.7 Å². The lowest BCUT2D eigenvalue weighted by Crippen LogP contribution is -2.56. The number of amides is 1. The maximum atomic E-state index is 14.0. The van der Waals surface area contributed by atoms with E-state index in [2.05, 4.69) is 25.9 Å². The van der Waals surface area contributed by atoms with Crippen LogP contribution in [-0.4, -0.2) is 47.2 Å². The van der Waals surface area contributed by atoms with E-state index in [1.54, 1.807) is 18.2 Å². The Morgan fingerprint density at radius 3 is 2.71 bits per heavy atom. The van der Waals surface area contributed by atoms with Gasteiger partial charge in [-0.25, -0.2) is 14.4 Å². The molecule has 186 valence electrons. The van der Waals surface area contributed by atoms with Gasteiger partial charge in [-0.15, -0.1) is 0 Å². The monoisotopic (exact) mass is 501 g/mol. The van der Waals surface area contributed by atoms with Gasteiger partial charge in [-0.05, 0) is 37.0 Å². The summed E-state index contributed by atoms with van der Waals surface area (Å²) in [7, 11) is 1.45. The Morgan fingerprint density at radius 2 is 1.97 bits per heavy atom. The van der Waals surface area contributed by atoms with Crippen molar-refractivity contribution >= 4 is 39.9 Å². The van der Waals surface area contributed by atoms with Crippen molar-refractivity contribution in [3.63, 3.8) is 0 Å². The van der Waals surface area contributed by atoms with Gasteiger partial charge in [0.15, 0.2) is 17.3 Å². The van der Waals surface area contributed by atoms with E-state index >= 15 is 0 Å². The summed E-state index contributed by atoms with van der Waals surface area (Å²) >= 11 is 5.76. The highest BCUT2D eigenvalue weighted by Gasteiger charge is 2.30. The predicted molar refractivity (Wildman–Crippen MR) is 134 cm³/mol. The van der Waals surface area contributed by atoms with Gasteiger partial charge in [-0.2, -0.15) is 0 Å². The number of carbonyl (C=O) groups is 1. The molecule has 10 heteroatoms. The van der Waals surface area contributed by atoms with Gasteiger partial charge >= 0.3 is 0 Å². The van der Waals surface area contributed by atoms with Crippen molar-refractivity contribution in [3.8, 4) is 11.5 Å². The molecule has 1 saturated carbocycles. The minimum absolute atomic E-state index is 0.00729. The van der Waals surface area contributed by atoms with Gasteiger partial charge in [0, 0.05) is 24.5 Å². The second-order valence-corrected chi connectivity index (χ2v) is 9.02. The van der Waals surface area contributed by atoms with E-state index in [-0.39, 0.29) is 28.4 Å². The number of piperazine rings is 1. The smallest absolute Gasteiger partial charge is 0.237 e. The highest BCUT2D eigenvalue weighted by atomic mass is 35.5. The highest BCUT2D eigenvalue weighted by molar-refractivity contribution is 6.31. The Labute approximate surface area is 208 Å². The van der Waals surface area contributed by atoms with Crippen LogP contribution in [0.2, 0.25) is 5.02 Å². The minimum Gasteiger partial charge on any atom is -0.504 e. The van der Waals surface area contributed by atoms with Gasteiger partial charge in [0.25, 0.3) is 0 Å². The standard InChI is InChI=1S/C15H11ClFN3O2.C10H18N2O/c1-22-13-6-11-8(5-12(13)21)15(19-7-18-11)20-10-4-2-3-9(16)14(10)17;13-10-9(11-6-7-12-10)8-4-2-1-3-5-8/h2-7,21H,1H3,(H,18,19,20);8-9,11H,1-7H2,(H,12,13). The largest absolute Gasteiger partial charge is 0.504 e. The molecule has 8 nitrogen and oxygen atoms in total. The van der Waals surface area contributed by atoms with Crippen molar-refractivity contribution in [2.24, 2.45) is 5.92 Å². The molecular formula is C25H29ClFN5O3. The number of methoxy groups -OCH3 is 1. The fourth-order valence-electron chi connectivity index (χ4n) is 4.53. The van der Waals surface area contributed by atoms with Gasteiger partial charge in [0.05, 0.1) is 29.4 Å². The van der Waals surface area contributed by atoms with E-state index in [0.717, 1.165) is 13.1 Å². The third-order valence-electron chi connectivity index (χ3n) is 6.33. The number of aromatic hydroxyl groups is 1. The lowest BCUT2D eigenvalue weighted by molar-refractivity contribution is -0.126. The molecule has 2 heterocycles. The summed E-state index contributed by atoms with van der Waals surface area (Å²) in [5.74, 6) is 0.829. The molecule has 1 atom stereocenters. The van der Waals surface area contributed by atoms with Crippen molar-refractivity contribution in [1.29, 1.82) is 0 Å². The van der Waals surface area contributed by atoms with Crippen molar-refractivity contribution in [3.05, 3.63) is 47.5 Å². The number of rotatable bonds is 4. The van der Waals surface area contributed by atoms with Crippen LogP contribution in [0.5, 0.6) is 11.5 Å². The number of anilines is 2. The van der Waals surface area contributed by atoms with Crippen LogP contribution in [0.1, 0.15) is 32.1 Å². The fraction of sp³-hybridized carbons (Fsp3) is 0.400. The van der Waals surface area contributed by atoms with Gasteiger partial charge in [-0.3, -0.25) is 4.79 Å². The zero-order valence-electron chi connectivity index (χ0n) is 19.5. The molecule has 35 heavy (non-hydrogen) atoms. The second kappa shape index (κ2) is 11.5. The third-order valence-corrected chi connectivity index (χ3v) is 6.62. The number of hydrogen-bond acceptors (Lipinski definition) is 7. The number of nitrogens with zero attached hydrogens (tertiary/aromatic N) is 2. The summed E-state index contributed by atoms with van der Waals surface area (Å²) in [6.07, 6.45) is 7.75. The van der Waals surface area contributed by atoms with Crippen LogP contribution < -0.4 is 20.7 Å². The lowest BCUT2D eigenvalue weighted by Gasteiger charge is -2.32. The summed E-state index contributed by atoms with van der Waals surface area (Å²) < 4.78 is 19.0. The second-order valence-electron chi connectivity index (χ2n) is 8.61. The first-order valence-electron chi connectivity index (χ1n) is 11.7. The Morgan fingerprint density at radius 1 is 1.17 bits per heavy atom. The molecule has 2 aromatic carbocycles. The first-order valence-corrected chi connectivity index (χ1v) is 12.1. The molecule has 1 amide bonds. The number of aromatic nitrogens is 2. The highest BCUT2D eigenvalue weighted by Crippen LogP contribution is 2.34. The zero-order valence-corrected chi connectivity index (χ0v) is 20.2. The van der Waals surface area contributed by atoms with Crippen LogP contribution in [0.3, 0.4) is 0 Å². The quantitative estimate of drug-likeness (QED) is 0.415. The summed E-state index contributed by atoms with van der Waals surface area (Å²) in [6, 6.07) is 7.76. The number of fused-ring (bicyclic) bond motifs is 1. The first kappa shape index (κ1) is 24.9. The molecular weight excluding hydrogens is 473 g/mol. The average molecular weight is 502 g/mol. The third kappa shape index (κ3) is 5.91. The van der Waals surface area contributed by atoms with Crippen molar-refractivity contribution < 1.29 is 19.0 Å². The summed E-state index contributed by atoms with van der Waals surface area (Å²) in [4.78, 5) is 19.7. The molecule has 1 aromatic heterocycles. The van der Waals surface area contributed by atoms with E-state index in [0.29, 0.717) is 28.4 Å². The Hall–Kier alpha value is -3.17. The maximum Gasteiger partial charge on any atom is 0.237 e. The molecule has 0 bridgehead atoms. The molecule has 5 rings (SSSR count). The Balaban J connectivity index is 0.000000189. The maximum absolute atomic E-state index is 14.0. The number of halogens is 2. The predicted octanol–water partition coefficient (Wildman–Crippen LogP) is 4.53. The normalized spacial score (nSPS) is 18.4. The zero-order chi connectivity index (χ0) is 24.8. The number of phenols is 1.